The highest BCUT2D eigenvalue weighted by molar-refractivity contribution is 7.99. The van der Waals surface area contributed by atoms with Gasteiger partial charge in [-0.25, -0.2) is 4.39 Å². The topological polar surface area (TPSA) is 43.1 Å². The van der Waals surface area contributed by atoms with Crippen LogP contribution in [0.5, 0.6) is 0 Å². The van der Waals surface area contributed by atoms with Gasteiger partial charge in [-0.1, -0.05) is 11.6 Å². The van der Waals surface area contributed by atoms with Crippen LogP contribution in [0.4, 0.5) is 10.1 Å². The van der Waals surface area contributed by atoms with Gasteiger partial charge in [0.15, 0.2) is 0 Å². The number of rotatable bonds is 5. The van der Waals surface area contributed by atoms with Crippen LogP contribution in [0, 0.1) is 15.9 Å². The fraction of sp³-hybridized carbons (Fsp3) is 0.333. The Labute approximate surface area is 106 Å². The van der Waals surface area contributed by atoms with Crippen molar-refractivity contribution in [2.75, 3.05) is 11.6 Å². The first-order valence-corrected chi connectivity index (χ1v) is 6.28. The Morgan fingerprint density at radius 2 is 2.19 bits per heavy atom. The first-order chi connectivity index (χ1) is 7.56. The van der Waals surface area contributed by atoms with Crippen LogP contribution in [-0.2, 0) is 0 Å². The van der Waals surface area contributed by atoms with Crippen LogP contribution >= 0.6 is 35.0 Å². The van der Waals surface area contributed by atoms with Crippen molar-refractivity contribution < 1.29 is 9.31 Å². The molecule has 0 radical (unpaired) electrons. The molecule has 0 saturated heterocycles. The third-order valence-corrected chi connectivity index (χ3v) is 3.42. The summed E-state index contributed by atoms with van der Waals surface area (Å²) in [6, 6.07) is 2.11. The molecule has 16 heavy (non-hydrogen) atoms. The van der Waals surface area contributed by atoms with E-state index in [9.17, 15) is 14.5 Å². The molecule has 0 fully saturated rings. The van der Waals surface area contributed by atoms with Gasteiger partial charge in [0.25, 0.3) is 5.69 Å². The zero-order valence-corrected chi connectivity index (χ0v) is 10.4. The van der Waals surface area contributed by atoms with Gasteiger partial charge in [-0.15, -0.1) is 23.4 Å². The third kappa shape index (κ3) is 3.50. The molecular weight excluding hydrogens is 276 g/mol. The van der Waals surface area contributed by atoms with Crippen molar-refractivity contribution in [2.24, 2.45) is 0 Å². The van der Waals surface area contributed by atoms with E-state index in [1.807, 2.05) is 0 Å². The number of nitro benzene ring substituents is 1. The summed E-state index contributed by atoms with van der Waals surface area (Å²) in [6.07, 6.45) is 0.702. The Bertz CT molecular complexity index is 403. The Balaban J connectivity index is 2.95. The molecule has 0 aromatic heterocycles. The van der Waals surface area contributed by atoms with Gasteiger partial charge >= 0.3 is 0 Å². The molecule has 1 aromatic carbocycles. The van der Waals surface area contributed by atoms with Crippen molar-refractivity contribution in [3.8, 4) is 0 Å². The predicted octanol–water partition coefficient (Wildman–Crippen LogP) is 4.11. The van der Waals surface area contributed by atoms with Crippen molar-refractivity contribution in [3.63, 3.8) is 0 Å². The van der Waals surface area contributed by atoms with Gasteiger partial charge in [-0.3, -0.25) is 10.1 Å². The smallest absolute Gasteiger partial charge is 0.258 e. The van der Waals surface area contributed by atoms with Gasteiger partial charge in [0.2, 0.25) is 0 Å². The van der Waals surface area contributed by atoms with E-state index >= 15 is 0 Å². The second kappa shape index (κ2) is 6.27. The summed E-state index contributed by atoms with van der Waals surface area (Å²) in [7, 11) is 0. The van der Waals surface area contributed by atoms with Gasteiger partial charge in [-0.2, -0.15) is 0 Å². The van der Waals surface area contributed by atoms with Crippen molar-refractivity contribution in [2.45, 2.75) is 11.3 Å². The van der Waals surface area contributed by atoms with Crippen LogP contribution in [0.2, 0.25) is 5.02 Å². The molecular formula is C9H8Cl2FNO2S. The molecule has 0 aliphatic carbocycles. The number of hydrogen-bond donors (Lipinski definition) is 0. The Hall–Kier alpha value is -0.520. The van der Waals surface area contributed by atoms with Crippen LogP contribution in [-0.4, -0.2) is 16.6 Å². The molecule has 1 rings (SSSR count). The number of halogens is 3. The highest BCUT2D eigenvalue weighted by Gasteiger charge is 2.17. The number of nitrogens with zero attached hydrogens (tertiary/aromatic N) is 1. The first kappa shape index (κ1) is 13.5. The molecule has 0 aliphatic rings. The van der Waals surface area contributed by atoms with Crippen molar-refractivity contribution in [3.05, 3.63) is 33.1 Å². The summed E-state index contributed by atoms with van der Waals surface area (Å²) in [5.74, 6) is 0.420. The largest absolute Gasteiger partial charge is 0.284 e. The molecule has 0 saturated carbocycles. The number of hydrogen-bond acceptors (Lipinski definition) is 3. The summed E-state index contributed by atoms with van der Waals surface area (Å²) in [5, 5.41) is 10.5. The van der Waals surface area contributed by atoms with Crippen molar-refractivity contribution in [1.29, 1.82) is 0 Å². The molecule has 0 atom stereocenters. The maximum atomic E-state index is 13.1. The van der Waals surface area contributed by atoms with Gasteiger partial charge in [0, 0.05) is 11.9 Å². The van der Waals surface area contributed by atoms with E-state index in [4.69, 9.17) is 23.2 Å². The molecule has 0 heterocycles. The minimum absolute atomic E-state index is 0.175. The van der Waals surface area contributed by atoms with Crippen molar-refractivity contribution in [1.82, 2.24) is 0 Å². The Kier molecular flexibility index (Phi) is 5.31. The van der Waals surface area contributed by atoms with Gasteiger partial charge < -0.3 is 0 Å². The average Bonchev–Trinajstić information content (AvgIpc) is 2.23. The number of nitro groups is 1. The standard InChI is InChI=1S/C9H8Cl2FNO2S/c10-2-1-3-16-9-5-7(12)6(11)4-8(9)13(14)15/h4-5H,1-3H2. The van der Waals surface area contributed by atoms with E-state index in [1.54, 1.807) is 0 Å². The number of benzene rings is 1. The van der Waals surface area contributed by atoms with Crippen molar-refractivity contribution >= 4 is 40.7 Å². The number of thioether (sulfide) groups is 1. The molecule has 3 nitrogen and oxygen atoms in total. The fourth-order valence-corrected chi connectivity index (χ4v) is 2.44. The van der Waals surface area contributed by atoms with E-state index in [0.717, 1.165) is 12.1 Å². The molecule has 0 spiro atoms. The lowest BCUT2D eigenvalue weighted by molar-refractivity contribution is -0.387. The number of alkyl halides is 1. The summed E-state index contributed by atoms with van der Waals surface area (Å²) in [6.45, 7) is 0. The zero-order chi connectivity index (χ0) is 12.1. The summed E-state index contributed by atoms with van der Waals surface area (Å²) >= 11 is 12.2. The third-order valence-electron chi connectivity index (χ3n) is 1.73. The molecule has 0 aliphatic heterocycles. The van der Waals surface area contributed by atoms with E-state index in [0.29, 0.717) is 18.1 Å². The second-order valence-corrected chi connectivity index (χ2v) is 4.80. The molecule has 88 valence electrons. The fourth-order valence-electron chi connectivity index (χ4n) is 1.01. The van der Waals surface area contributed by atoms with Crippen LogP contribution in [0.1, 0.15) is 6.42 Å². The molecule has 7 heteroatoms. The molecule has 0 N–H and O–H groups in total. The minimum Gasteiger partial charge on any atom is -0.258 e. The minimum atomic E-state index is -0.652. The van der Waals surface area contributed by atoms with Crippen LogP contribution in [0.15, 0.2) is 17.0 Å². The van der Waals surface area contributed by atoms with E-state index in [-0.39, 0.29) is 15.6 Å². The first-order valence-electron chi connectivity index (χ1n) is 4.38. The molecule has 0 bridgehead atoms. The summed E-state index contributed by atoms with van der Waals surface area (Å²) in [4.78, 5) is 10.4. The normalized spacial score (nSPS) is 10.4. The van der Waals surface area contributed by atoms with E-state index in [2.05, 4.69) is 0 Å². The SMILES string of the molecule is O=[N+]([O-])c1cc(Cl)c(F)cc1SCCCCl. The average molecular weight is 284 g/mol. The highest BCUT2D eigenvalue weighted by Crippen LogP contribution is 2.33. The summed E-state index contributed by atoms with van der Waals surface area (Å²) in [5.41, 5.74) is -0.175. The van der Waals surface area contributed by atoms with Gasteiger partial charge in [0.1, 0.15) is 5.82 Å². The highest BCUT2D eigenvalue weighted by atomic mass is 35.5. The van der Waals surface area contributed by atoms with Crippen LogP contribution in [0.25, 0.3) is 0 Å². The Morgan fingerprint density at radius 3 is 2.75 bits per heavy atom. The lowest BCUT2D eigenvalue weighted by atomic mass is 10.3. The lowest BCUT2D eigenvalue weighted by Gasteiger charge is -2.03. The van der Waals surface area contributed by atoms with E-state index in [1.165, 1.54) is 11.8 Å². The van der Waals surface area contributed by atoms with Gasteiger partial charge in [0.05, 0.1) is 14.8 Å². The van der Waals surface area contributed by atoms with E-state index < -0.39 is 10.7 Å². The van der Waals surface area contributed by atoms with Crippen LogP contribution in [0.3, 0.4) is 0 Å². The van der Waals surface area contributed by atoms with Gasteiger partial charge in [-0.05, 0) is 18.2 Å². The second-order valence-electron chi connectivity index (χ2n) is 2.88. The Morgan fingerprint density at radius 1 is 1.50 bits per heavy atom. The quantitative estimate of drug-likeness (QED) is 0.269. The zero-order valence-electron chi connectivity index (χ0n) is 8.08. The molecule has 1 aromatic rings. The predicted molar refractivity (Wildman–Crippen MR) is 64.1 cm³/mol. The lowest BCUT2D eigenvalue weighted by Crippen LogP contribution is -1.93. The molecule has 0 unspecified atom stereocenters. The molecule has 0 amide bonds. The maximum Gasteiger partial charge on any atom is 0.284 e. The van der Waals surface area contributed by atoms with Crippen LogP contribution < -0.4 is 0 Å². The summed E-state index contributed by atoms with van der Waals surface area (Å²) < 4.78 is 13.1. The monoisotopic (exact) mass is 283 g/mol. The maximum absolute atomic E-state index is 13.1.